The Morgan fingerprint density at radius 3 is 0.792 bits per heavy atom. The zero-order valence-electron chi connectivity index (χ0n) is 62.7. The first kappa shape index (κ1) is 94.1. The molecule has 0 amide bonds. The number of phosphoric ester groups is 2. The van der Waals surface area contributed by atoms with Gasteiger partial charge in [0, 0.05) is 25.7 Å². The zero-order valence-corrected chi connectivity index (χ0v) is 64.5. The molecule has 17 nitrogen and oxygen atoms in total. The maximum Gasteiger partial charge on any atom is 0.472 e. The van der Waals surface area contributed by atoms with Gasteiger partial charge in [-0.1, -0.05) is 350 Å². The van der Waals surface area contributed by atoms with E-state index in [1.807, 2.05) is 0 Å². The summed E-state index contributed by atoms with van der Waals surface area (Å²) in [6.07, 6.45) is 56.7. The highest BCUT2D eigenvalue weighted by molar-refractivity contribution is 7.47. The fourth-order valence-electron chi connectivity index (χ4n) is 11.8. The Morgan fingerprint density at radius 1 is 0.302 bits per heavy atom. The van der Waals surface area contributed by atoms with Crippen molar-refractivity contribution < 1.29 is 80.2 Å². The van der Waals surface area contributed by atoms with Gasteiger partial charge in [0.15, 0.2) is 12.2 Å². The summed E-state index contributed by atoms with van der Waals surface area (Å²) in [6, 6.07) is 0. The Balaban J connectivity index is 5.25. The fourth-order valence-corrected chi connectivity index (χ4v) is 13.4. The van der Waals surface area contributed by atoms with E-state index in [0.717, 1.165) is 102 Å². The molecule has 0 radical (unpaired) electrons. The number of carbonyl (C=O) groups is 4. The first-order chi connectivity index (χ1) is 46.4. The average Bonchev–Trinajstić information content (AvgIpc) is 1.27. The topological polar surface area (TPSA) is 237 Å². The van der Waals surface area contributed by atoms with Gasteiger partial charge < -0.3 is 33.8 Å². The number of esters is 4. The lowest BCUT2D eigenvalue weighted by atomic mass is 9.99. The lowest BCUT2D eigenvalue weighted by molar-refractivity contribution is -0.161. The third-order valence-corrected chi connectivity index (χ3v) is 20.2. The Hall–Kier alpha value is -1.94. The molecule has 0 aliphatic rings. The number of aliphatic hydroxyl groups excluding tert-OH is 1. The van der Waals surface area contributed by atoms with Crippen LogP contribution in [0, 0.1) is 11.8 Å². The number of unbranched alkanes of at least 4 members (excludes halogenated alkanes) is 45. The normalized spacial score (nSPS) is 14.3. The van der Waals surface area contributed by atoms with Gasteiger partial charge in [-0.3, -0.25) is 37.3 Å². The smallest absolute Gasteiger partial charge is 0.462 e. The van der Waals surface area contributed by atoms with Crippen molar-refractivity contribution in [3.8, 4) is 0 Å². The van der Waals surface area contributed by atoms with Crippen molar-refractivity contribution in [2.75, 3.05) is 39.6 Å². The van der Waals surface area contributed by atoms with E-state index in [-0.39, 0.29) is 25.7 Å². The monoisotopic (exact) mass is 1410 g/mol. The van der Waals surface area contributed by atoms with E-state index < -0.39 is 97.5 Å². The minimum atomic E-state index is -4.96. The standard InChI is InChI=1S/C77H150O17P2/c1-7-10-12-14-16-18-20-21-22-26-30-36-42-48-54-60-75(80)88-65-72(93-76(81)61-55-49-43-37-31-27-24-23-25-29-34-40-46-52-58-70(6)9-3)67-91-95(83,84)89-63-71(78)64-90-96(85,86)92-68-73(66-87-74(79)59-53-47-41-35-28-19-17-15-13-11-8-2)94-77(82)62-56-50-44-38-32-33-39-45-51-57-69(4)5/h69-73,78H,7-68H2,1-6H3,(H,83,84)(H,85,86)/t70?,71-,72-,73-/m1/s1. The fraction of sp³-hybridized carbons (Fsp3) is 0.948. The summed E-state index contributed by atoms with van der Waals surface area (Å²) in [5.74, 6) is -0.530. The van der Waals surface area contributed by atoms with Gasteiger partial charge in [-0.25, -0.2) is 9.13 Å². The Morgan fingerprint density at radius 2 is 0.531 bits per heavy atom. The van der Waals surface area contributed by atoms with Crippen LogP contribution < -0.4 is 0 Å². The van der Waals surface area contributed by atoms with Crippen molar-refractivity contribution in [1.82, 2.24) is 0 Å². The van der Waals surface area contributed by atoms with Crippen LogP contribution in [0.1, 0.15) is 401 Å². The molecule has 6 atom stereocenters. The lowest BCUT2D eigenvalue weighted by Crippen LogP contribution is -2.30. The van der Waals surface area contributed by atoms with E-state index in [0.29, 0.717) is 25.7 Å². The zero-order chi connectivity index (χ0) is 70.7. The number of ether oxygens (including phenoxy) is 4. The van der Waals surface area contributed by atoms with E-state index in [9.17, 15) is 43.2 Å². The third kappa shape index (κ3) is 69.2. The molecule has 0 fully saturated rings. The summed E-state index contributed by atoms with van der Waals surface area (Å²) in [6.45, 7) is 9.64. The predicted molar refractivity (Wildman–Crippen MR) is 391 cm³/mol. The number of carbonyl (C=O) groups excluding carboxylic acids is 4. The van der Waals surface area contributed by atoms with Gasteiger partial charge in [0.25, 0.3) is 0 Å². The largest absolute Gasteiger partial charge is 0.472 e. The van der Waals surface area contributed by atoms with E-state index in [4.69, 9.17) is 37.0 Å². The van der Waals surface area contributed by atoms with Crippen LogP contribution in [0.2, 0.25) is 0 Å². The molecule has 0 aliphatic carbocycles. The Bertz CT molecular complexity index is 1860. The molecule has 0 aromatic heterocycles. The number of phosphoric acid groups is 2. The highest BCUT2D eigenvalue weighted by Crippen LogP contribution is 2.45. The van der Waals surface area contributed by atoms with Crippen LogP contribution in [-0.4, -0.2) is 96.7 Å². The van der Waals surface area contributed by atoms with Gasteiger partial charge in [0.1, 0.15) is 19.3 Å². The second kappa shape index (κ2) is 68.8. The van der Waals surface area contributed by atoms with Gasteiger partial charge >= 0.3 is 39.5 Å². The van der Waals surface area contributed by atoms with E-state index >= 15 is 0 Å². The number of rotatable bonds is 76. The Labute approximate surface area is 588 Å². The summed E-state index contributed by atoms with van der Waals surface area (Å²) in [7, 11) is -9.91. The second-order valence-corrected chi connectivity index (χ2v) is 31.4. The minimum absolute atomic E-state index is 0.106. The Kier molecular flexibility index (Phi) is 67.4. The van der Waals surface area contributed by atoms with Gasteiger partial charge in [0.05, 0.1) is 26.4 Å². The van der Waals surface area contributed by atoms with E-state index in [2.05, 4.69) is 41.5 Å². The first-order valence-electron chi connectivity index (χ1n) is 40.0. The predicted octanol–water partition coefficient (Wildman–Crippen LogP) is 22.7. The molecule has 19 heteroatoms. The molecule has 0 aliphatic heterocycles. The summed E-state index contributed by atoms with van der Waals surface area (Å²) in [4.78, 5) is 72.9. The van der Waals surface area contributed by atoms with Crippen LogP contribution >= 0.6 is 15.6 Å². The molecule has 570 valence electrons. The van der Waals surface area contributed by atoms with Crippen molar-refractivity contribution >= 4 is 39.5 Å². The molecule has 0 rings (SSSR count). The molecule has 3 N–H and O–H groups in total. The van der Waals surface area contributed by atoms with Crippen LogP contribution in [0.3, 0.4) is 0 Å². The van der Waals surface area contributed by atoms with E-state index in [1.54, 1.807) is 0 Å². The highest BCUT2D eigenvalue weighted by atomic mass is 31.2. The molecule has 3 unspecified atom stereocenters. The van der Waals surface area contributed by atoms with Crippen LogP contribution in [0.4, 0.5) is 0 Å². The lowest BCUT2D eigenvalue weighted by Gasteiger charge is -2.21. The maximum absolute atomic E-state index is 13.1. The summed E-state index contributed by atoms with van der Waals surface area (Å²) in [5.41, 5.74) is 0. The van der Waals surface area contributed by atoms with Crippen LogP contribution in [0.5, 0.6) is 0 Å². The van der Waals surface area contributed by atoms with Gasteiger partial charge in [-0.15, -0.1) is 0 Å². The molecular formula is C77H150O17P2. The highest BCUT2D eigenvalue weighted by Gasteiger charge is 2.30. The molecule has 0 saturated heterocycles. The van der Waals surface area contributed by atoms with Crippen LogP contribution in [0.15, 0.2) is 0 Å². The SMILES string of the molecule is CCCCCCCCCCCCCCCCCC(=O)OC[C@H](COP(=O)(O)OC[C@@H](O)COP(=O)(O)OC[C@@H](COC(=O)CCCCCCCCCCCCC)OC(=O)CCCCCCCCCCCC(C)C)OC(=O)CCCCCCCCCCCCCCCCC(C)CC. The molecule has 0 aromatic carbocycles. The maximum atomic E-state index is 13.1. The summed E-state index contributed by atoms with van der Waals surface area (Å²) in [5, 5.41) is 10.6. The van der Waals surface area contributed by atoms with Crippen molar-refractivity contribution in [3.63, 3.8) is 0 Å². The van der Waals surface area contributed by atoms with Crippen molar-refractivity contribution in [2.24, 2.45) is 11.8 Å². The third-order valence-electron chi connectivity index (χ3n) is 18.3. The van der Waals surface area contributed by atoms with Crippen molar-refractivity contribution in [2.45, 2.75) is 419 Å². The summed E-state index contributed by atoms with van der Waals surface area (Å²) < 4.78 is 68.6. The summed E-state index contributed by atoms with van der Waals surface area (Å²) >= 11 is 0. The molecular weight excluding hydrogens is 1260 g/mol. The van der Waals surface area contributed by atoms with Gasteiger partial charge in [0.2, 0.25) is 0 Å². The van der Waals surface area contributed by atoms with Crippen LogP contribution in [0.25, 0.3) is 0 Å². The van der Waals surface area contributed by atoms with Gasteiger partial charge in [-0.05, 0) is 37.5 Å². The first-order valence-corrected chi connectivity index (χ1v) is 43.0. The molecule has 0 heterocycles. The molecule has 96 heavy (non-hydrogen) atoms. The average molecular weight is 1410 g/mol. The number of aliphatic hydroxyl groups is 1. The second-order valence-electron chi connectivity index (χ2n) is 28.5. The minimum Gasteiger partial charge on any atom is -0.462 e. The van der Waals surface area contributed by atoms with E-state index in [1.165, 1.54) is 218 Å². The molecule has 0 aromatic rings. The van der Waals surface area contributed by atoms with Gasteiger partial charge in [-0.2, -0.15) is 0 Å². The van der Waals surface area contributed by atoms with Crippen molar-refractivity contribution in [3.05, 3.63) is 0 Å². The number of hydrogen-bond acceptors (Lipinski definition) is 15. The van der Waals surface area contributed by atoms with Crippen LogP contribution in [-0.2, 0) is 65.4 Å². The number of hydrogen-bond donors (Lipinski definition) is 3. The molecule has 0 bridgehead atoms. The quantitative estimate of drug-likeness (QED) is 0.0222. The molecule has 0 saturated carbocycles. The molecule has 0 spiro atoms. The van der Waals surface area contributed by atoms with Crippen molar-refractivity contribution in [1.29, 1.82) is 0 Å².